The molecule has 2 aromatic rings. The van der Waals surface area contributed by atoms with Crippen LogP contribution in [0.25, 0.3) is 0 Å². The fraction of sp³-hybridized carbons (Fsp3) is 0.435. The number of nitrogens with zero attached hydrogens (tertiary/aromatic N) is 3. The van der Waals surface area contributed by atoms with E-state index in [4.69, 9.17) is 4.99 Å². The summed E-state index contributed by atoms with van der Waals surface area (Å²) in [6, 6.07) is 18.3. The number of rotatable bonds is 7. The first-order valence-electron chi connectivity index (χ1n) is 10.5. The zero-order chi connectivity index (χ0) is 21.4. The van der Waals surface area contributed by atoms with Crippen LogP contribution >= 0.6 is 24.0 Å². The predicted molar refractivity (Wildman–Crippen MR) is 139 cm³/mol. The van der Waals surface area contributed by atoms with Gasteiger partial charge in [-0.3, -0.25) is 4.90 Å². The van der Waals surface area contributed by atoms with Gasteiger partial charge in [0.1, 0.15) is 0 Å². The smallest absolute Gasteiger partial charge is 0.194 e. The minimum atomic E-state index is -3.01. The Bertz CT molecular complexity index is 926. The van der Waals surface area contributed by atoms with E-state index >= 15 is 0 Å². The molecule has 0 saturated carbocycles. The minimum absolute atomic E-state index is 0. The molecule has 0 radical (unpaired) electrons. The number of halogens is 1. The molecule has 0 unspecified atom stereocenters. The maximum Gasteiger partial charge on any atom is 0.194 e. The molecule has 1 heterocycles. The molecular formula is C23H33IN4O2S. The number of aliphatic imine (C=N–C) groups is 1. The molecule has 0 amide bonds. The van der Waals surface area contributed by atoms with E-state index in [9.17, 15) is 8.42 Å². The first kappa shape index (κ1) is 25.6. The summed E-state index contributed by atoms with van der Waals surface area (Å²) in [6.45, 7) is 8.41. The number of hydrogen-bond acceptors (Lipinski definition) is 4. The van der Waals surface area contributed by atoms with Crippen LogP contribution in [-0.4, -0.2) is 63.2 Å². The van der Waals surface area contributed by atoms with E-state index < -0.39 is 9.84 Å². The van der Waals surface area contributed by atoms with E-state index in [1.807, 2.05) is 24.3 Å². The monoisotopic (exact) mass is 556 g/mol. The van der Waals surface area contributed by atoms with Crippen LogP contribution in [0.15, 0.2) is 59.6 Å². The molecule has 31 heavy (non-hydrogen) atoms. The number of benzene rings is 2. The van der Waals surface area contributed by atoms with Crippen LogP contribution in [0, 0.1) is 0 Å². The third kappa shape index (κ3) is 8.78. The first-order valence-corrected chi connectivity index (χ1v) is 12.5. The van der Waals surface area contributed by atoms with Crippen LogP contribution in [-0.2, 0) is 28.7 Å². The summed E-state index contributed by atoms with van der Waals surface area (Å²) in [5.74, 6) is 1.02. The molecule has 0 spiro atoms. The zero-order valence-electron chi connectivity index (χ0n) is 18.3. The quantitative estimate of drug-likeness (QED) is 0.323. The third-order valence-electron chi connectivity index (χ3n) is 5.12. The van der Waals surface area contributed by atoms with Gasteiger partial charge in [-0.1, -0.05) is 54.6 Å². The molecule has 0 atom stereocenters. The average Bonchev–Trinajstić information content (AvgIpc) is 2.72. The van der Waals surface area contributed by atoms with Crippen LogP contribution < -0.4 is 5.32 Å². The number of piperazine rings is 1. The van der Waals surface area contributed by atoms with Gasteiger partial charge < -0.3 is 10.2 Å². The largest absolute Gasteiger partial charge is 0.357 e. The summed E-state index contributed by atoms with van der Waals surface area (Å²) in [7, 11) is -3.01. The molecule has 2 aromatic carbocycles. The van der Waals surface area contributed by atoms with Crippen LogP contribution in [0.2, 0.25) is 0 Å². The first-order chi connectivity index (χ1) is 14.4. The molecule has 8 heteroatoms. The number of guanidine groups is 1. The highest BCUT2D eigenvalue weighted by Gasteiger charge is 2.19. The average molecular weight is 557 g/mol. The summed E-state index contributed by atoms with van der Waals surface area (Å²) in [6.07, 6.45) is 1.26. The van der Waals surface area contributed by atoms with Crippen molar-refractivity contribution in [3.8, 4) is 0 Å². The van der Waals surface area contributed by atoms with Crippen molar-refractivity contribution in [3.63, 3.8) is 0 Å². The molecule has 0 aromatic heterocycles. The van der Waals surface area contributed by atoms with Gasteiger partial charge in [-0.15, -0.1) is 24.0 Å². The summed E-state index contributed by atoms with van der Waals surface area (Å²) in [5, 5.41) is 3.41. The Kier molecular flexibility index (Phi) is 10.2. The minimum Gasteiger partial charge on any atom is -0.357 e. The molecule has 1 saturated heterocycles. The topological polar surface area (TPSA) is 65.0 Å². The summed E-state index contributed by atoms with van der Waals surface area (Å²) < 4.78 is 22.9. The second-order valence-electron chi connectivity index (χ2n) is 7.81. The standard InChI is InChI=1S/C23H32N4O2S.HI/c1-3-24-23(25-17-20-9-11-22(12-10-20)19-30(2,28)29)27-15-13-26(14-16-27)18-21-7-5-4-6-8-21;/h4-12H,3,13-19H2,1-2H3,(H,24,25);1H. The van der Waals surface area contributed by atoms with Gasteiger partial charge in [0, 0.05) is 45.5 Å². The van der Waals surface area contributed by atoms with Gasteiger partial charge in [0.15, 0.2) is 15.8 Å². The van der Waals surface area contributed by atoms with Crippen molar-refractivity contribution in [3.05, 3.63) is 71.3 Å². The number of nitrogens with one attached hydrogen (secondary N) is 1. The number of sulfone groups is 1. The van der Waals surface area contributed by atoms with Gasteiger partial charge in [-0.2, -0.15) is 0 Å². The Hall–Kier alpha value is -1.65. The maximum absolute atomic E-state index is 11.4. The van der Waals surface area contributed by atoms with E-state index in [1.165, 1.54) is 11.8 Å². The van der Waals surface area contributed by atoms with Gasteiger partial charge in [0.05, 0.1) is 12.3 Å². The van der Waals surface area contributed by atoms with Crippen molar-refractivity contribution in [2.24, 2.45) is 4.99 Å². The Labute approximate surface area is 203 Å². The van der Waals surface area contributed by atoms with Crippen molar-refractivity contribution in [1.29, 1.82) is 0 Å². The van der Waals surface area contributed by atoms with Crippen molar-refractivity contribution in [2.45, 2.75) is 25.8 Å². The van der Waals surface area contributed by atoms with Gasteiger partial charge in [-0.25, -0.2) is 13.4 Å². The lowest BCUT2D eigenvalue weighted by atomic mass is 10.1. The van der Waals surface area contributed by atoms with Crippen molar-refractivity contribution < 1.29 is 8.42 Å². The van der Waals surface area contributed by atoms with E-state index in [0.717, 1.165) is 56.4 Å². The molecule has 170 valence electrons. The Morgan fingerprint density at radius 2 is 1.55 bits per heavy atom. The highest BCUT2D eigenvalue weighted by molar-refractivity contribution is 14.0. The van der Waals surface area contributed by atoms with Crippen LogP contribution in [0.5, 0.6) is 0 Å². The van der Waals surface area contributed by atoms with E-state index in [-0.39, 0.29) is 29.7 Å². The maximum atomic E-state index is 11.4. The van der Waals surface area contributed by atoms with Crippen molar-refractivity contribution in [2.75, 3.05) is 39.0 Å². The zero-order valence-corrected chi connectivity index (χ0v) is 21.5. The molecule has 1 aliphatic heterocycles. The summed E-state index contributed by atoms with van der Waals surface area (Å²) in [4.78, 5) is 9.62. The molecule has 1 aliphatic rings. The second kappa shape index (κ2) is 12.4. The van der Waals surface area contributed by atoms with E-state index in [0.29, 0.717) is 6.54 Å². The lowest BCUT2D eigenvalue weighted by molar-refractivity contribution is 0.172. The lowest BCUT2D eigenvalue weighted by Crippen LogP contribution is -2.52. The SMILES string of the molecule is CCNC(=NCc1ccc(CS(C)(=O)=O)cc1)N1CCN(Cc2ccccc2)CC1.I. The van der Waals surface area contributed by atoms with Crippen molar-refractivity contribution in [1.82, 2.24) is 15.1 Å². The Morgan fingerprint density at radius 1 is 0.935 bits per heavy atom. The van der Waals surface area contributed by atoms with E-state index in [2.05, 4.69) is 52.4 Å². The van der Waals surface area contributed by atoms with E-state index in [1.54, 1.807) is 0 Å². The highest BCUT2D eigenvalue weighted by atomic mass is 127. The van der Waals surface area contributed by atoms with Gasteiger partial charge in [0.2, 0.25) is 0 Å². The van der Waals surface area contributed by atoms with Crippen LogP contribution in [0.4, 0.5) is 0 Å². The molecule has 3 rings (SSSR count). The van der Waals surface area contributed by atoms with Gasteiger partial charge in [-0.05, 0) is 23.6 Å². The normalized spacial score (nSPS) is 15.4. The Balaban J connectivity index is 0.00000341. The Morgan fingerprint density at radius 3 is 2.13 bits per heavy atom. The molecule has 6 nitrogen and oxygen atoms in total. The van der Waals surface area contributed by atoms with Gasteiger partial charge in [0.25, 0.3) is 0 Å². The molecular weight excluding hydrogens is 523 g/mol. The highest BCUT2D eigenvalue weighted by Crippen LogP contribution is 2.11. The summed E-state index contributed by atoms with van der Waals surface area (Å²) >= 11 is 0. The van der Waals surface area contributed by atoms with Crippen LogP contribution in [0.1, 0.15) is 23.6 Å². The predicted octanol–water partition coefficient (Wildman–Crippen LogP) is 3.13. The van der Waals surface area contributed by atoms with Crippen LogP contribution in [0.3, 0.4) is 0 Å². The molecule has 1 N–H and O–H groups in total. The second-order valence-corrected chi connectivity index (χ2v) is 9.95. The molecule has 1 fully saturated rings. The molecule has 0 bridgehead atoms. The lowest BCUT2D eigenvalue weighted by Gasteiger charge is -2.36. The third-order valence-corrected chi connectivity index (χ3v) is 5.98. The molecule has 0 aliphatic carbocycles. The fourth-order valence-electron chi connectivity index (χ4n) is 3.60. The summed E-state index contributed by atoms with van der Waals surface area (Å²) in [5.41, 5.74) is 3.24. The van der Waals surface area contributed by atoms with Crippen molar-refractivity contribution >= 4 is 39.8 Å². The number of hydrogen-bond donors (Lipinski definition) is 1. The van der Waals surface area contributed by atoms with Gasteiger partial charge >= 0.3 is 0 Å². The fourth-order valence-corrected chi connectivity index (χ4v) is 4.39.